The quantitative estimate of drug-likeness (QED) is 0.463. The first-order valence-electron chi connectivity index (χ1n) is 5.96. The number of allylic oxidation sites excluding steroid dienone is 3. The molecule has 0 aromatic carbocycles. The van der Waals surface area contributed by atoms with Gasteiger partial charge in [0.2, 0.25) is 0 Å². The van der Waals surface area contributed by atoms with Crippen molar-refractivity contribution in [2.24, 2.45) is 0 Å². The molecule has 0 bridgehead atoms. The van der Waals surface area contributed by atoms with Crippen LogP contribution in [0.5, 0.6) is 0 Å². The Morgan fingerprint density at radius 2 is 1.60 bits per heavy atom. The van der Waals surface area contributed by atoms with E-state index in [1.54, 1.807) is 6.08 Å². The third-order valence-electron chi connectivity index (χ3n) is 2.63. The second-order valence-corrected chi connectivity index (χ2v) is 7.50. The fraction of sp³-hybridized carbons (Fsp3) is 0.636. The van der Waals surface area contributed by atoms with Crippen molar-refractivity contribution in [3.05, 3.63) is 22.8 Å². The first-order chi connectivity index (χ1) is 8.93. The first kappa shape index (κ1) is 19.7. The van der Waals surface area contributed by atoms with Gasteiger partial charge < -0.3 is 14.7 Å². The summed E-state index contributed by atoms with van der Waals surface area (Å²) in [5.41, 5.74) is 3.47. The highest BCUT2D eigenvalue weighted by atomic mass is 31.3. The normalized spacial score (nSPS) is 15.8. The molecule has 0 radical (unpaired) electrons. The average molecular weight is 328 g/mol. The molecule has 0 saturated heterocycles. The summed E-state index contributed by atoms with van der Waals surface area (Å²) in [5, 5.41) is 0. The summed E-state index contributed by atoms with van der Waals surface area (Å²) in [4.78, 5) is 25.9. The van der Waals surface area contributed by atoms with Gasteiger partial charge in [-0.15, -0.1) is 0 Å². The van der Waals surface area contributed by atoms with E-state index in [0.717, 1.165) is 18.4 Å². The molecule has 1 unspecified atom stereocenters. The first-order valence-corrected chi connectivity index (χ1v) is 8.98. The molecule has 0 amide bonds. The molecule has 0 heterocycles. The fourth-order valence-corrected chi connectivity index (χ4v) is 2.70. The molecule has 118 valence electrons. The highest BCUT2D eigenvalue weighted by Gasteiger charge is 2.31. The standard InChI is InChI=1S/C11H22O7P2/c1-9(2)11(4)6-5-10(3)7-8-17-20(15,16)18-19(12,13)14/h7H,5-6,8H2,1-4H3,(H,15,16)(H2,12,13,14)/b10-7+. The molecule has 1 atom stereocenters. The zero-order chi connectivity index (χ0) is 16.0. The molecule has 0 saturated carbocycles. The molecule has 0 aliphatic carbocycles. The molecule has 0 spiro atoms. The molecule has 0 rings (SSSR count). The van der Waals surface area contributed by atoms with E-state index in [1.807, 2.05) is 27.7 Å². The molecular formula is C11H22O7P2. The predicted molar refractivity (Wildman–Crippen MR) is 75.9 cm³/mol. The summed E-state index contributed by atoms with van der Waals surface area (Å²) < 4.78 is 29.7. The molecule has 0 aromatic rings. The van der Waals surface area contributed by atoms with Gasteiger partial charge in [-0.25, -0.2) is 9.13 Å². The van der Waals surface area contributed by atoms with Gasteiger partial charge in [-0.2, -0.15) is 4.31 Å². The van der Waals surface area contributed by atoms with E-state index in [1.165, 1.54) is 11.1 Å². The Labute approximate surface area is 119 Å². The maximum Gasteiger partial charge on any atom is 0.481 e. The third kappa shape index (κ3) is 10.5. The van der Waals surface area contributed by atoms with Crippen molar-refractivity contribution in [2.75, 3.05) is 6.61 Å². The van der Waals surface area contributed by atoms with Gasteiger partial charge in [0.15, 0.2) is 0 Å². The van der Waals surface area contributed by atoms with Crippen molar-refractivity contribution in [1.82, 2.24) is 0 Å². The van der Waals surface area contributed by atoms with Crippen LogP contribution in [-0.4, -0.2) is 21.3 Å². The van der Waals surface area contributed by atoms with Crippen molar-refractivity contribution >= 4 is 15.6 Å². The molecule has 20 heavy (non-hydrogen) atoms. The van der Waals surface area contributed by atoms with E-state index < -0.39 is 15.6 Å². The molecule has 7 nitrogen and oxygen atoms in total. The van der Waals surface area contributed by atoms with Crippen molar-refractivity contribution < 1.29 is 32.6 Å². The summed E-state index contributed by atoms with van der Waals surface area (Å²) in [6, 6.07) is 0. The van der Waals surface area contributed by atoms with Crippen LogP contribution in [0.1, 0.15) is 40.5 Å². The van der Waals surface area contributed by atoms with Crippen molar-refractivity contribution in [2.45, 2.75) is 40.5 Å². The van der Waals surface area contributed by atoms with Crippen LogP contribution in [0.4, 0.5) is 0 Å². The monoisotopic (exact) mass is 328 g/mol. The number of hydrogen-bond acceptors (Lipinski definition) is 4. The molecule has 0 aliphatic rings. The van der Waals surface area contributed by atoms with Crippen LogP contribution in [0.3, 0.4) is 0 Å². The highest BCUT2D eigenvalue weighted by molar-refractivity contribution is 7.60. The zero-order valence-electron chi connectivity index (χ0n) is 12.1. The van der Waals surface area contributed by atoms with Gasteiger partial charge in [0, 0.05) is 0 Å². The molecule has 0 aliphatic heterocycles. The Bertz CT molecular complexity index is 471. The third-order valence-corrected chi connectivity index (χ3v) is 4.78. The van der Waals surface area contributed by atoms with E-state index in [-0.39, 0.29) is 6.61 Å². The van der Waals surface area contributed by atoms with E-state index in [4.69, 9.17) is 14.7 Å². The lowest BCUT2D eigenvalue weighted by Gasteiger charge is -2.11. The minimum absolute atomic E-state index is 0.256. The molecular weight excluding hydrogens is 306 g/mol. The Balaban J connectivity index is 4.27. The summed E-state index contributed by atoms with van der Waals surface area (Å²) in [6.07, 6.45) is 3.22. The van der Waals surface area contributed by atoms with Gasteiger partial charge in [-0.1, -0.05) is 22.8 Å². The van der Waals surface area contributed by atoms with Crippen LogP contribution in [-0.2, 0) is 18.0 Å². The van der Waals surface area contributed by atoms with Gasteiger partial charge in [-0.05, 0) is 40.5 Å². The van der Waals surface area contributed by atoms with Crippen LogP contribution < -0.4 is 0 Å². The van der Waals surface area contributed by atoms with Gasteiger partial charge in [-0.3, -0.25) is 4.52 Å². The second kappa shape index (κ2) is 8.25. The van der Waals surface area contributed by atoms with Crippen molar-refractivity contribution in [3.63, 3.8) is 0 Å². The predicted octanol–water partition coefficient (Wildman–Crippen LogP) is 3.30. The van der Waals surface area contributed by atoms with Crippen molar-refractivity contribution in [1.29, 1.82) is 0 Å². The average Bonchev–Trinajstić information content (AvgIpc) is 2.21. The Morgan fingerprint density at radius 3 is 2.05 bits per heavy atom. The van der Waals surface area contributed by atoms with Gasteiger partial charge in [0.05, 0.1) is 6.61 Å². The van der Waals surface area contributed by atoms with Crippen molar-refractivity contribution in [3.8, 4) is 0 Å². The lowest BCUT2D eigenvalue weighted by atomic mass is 10.0. The maximum absolute atomic E-state index is 11.1. The van der Waals surface area contributed by atoms with Crippen LogP contribution in [0, 0.1) is 0 Å². The molecule has 0 aromatic heterocycles. The molecule has 0 fully saturated rings. The molecule has 3 N–H and O–H groups in total. The smallest absolute Gasteiger partial charge is 0.302 e. The minimum atomic E-state index is -5.05. The van der Waals surface area contributed by atoms with Crippen LogP contribution >= 0.6 is 15.6 Å². The lowest BCUT2D eigenvalue weighted by molar-refractivity contribution is 0.191. The Morgan fingerprint density at radius 1 is 1.05 bits per heavy atom. The van der Waals surface area contributed by atoms with Crippen LogP contribution in [0.15, 0.2) is 22.8 Å². The number of phosphoric ester groups is 1. The van der Waals surface area contributed by atoms with Gasteiger partial charge >= 0.3 is 15.6 Å². The Kier molecular flexibility index (Phi) is 8.14. The SMILES string of the molecule is CC(C)=C(C)CC/C(C)=C/COP(=O)(O)OP(=O)(O)O. The van der Waals surface area contributed by atoms with Crippen LogP contribution in [0.2, 0.25) is 0 Å². The topological polar surface area (TPSA) is 113 Å². The summed E-state index contributed by atoms with van der Waals surface area (Å²) in [7, 11) is -9.79. The largest absolute Gasteiger partial charge is 0.481 e. The van der Waals surface area contributed by atoms with E-state index in [9.17, 15) is 9.13 Å². The number of rotatable bonds is 8. The summed E-state index contributed by atoms with van der Waals surface area (Å²) in [6.45, 7) is 7.67. The second-order valence-electron chi connectivity index (χ2n) is 4.67. The van der Waals surface area contributed by atoms with E-state index in [0.29, 0.717) is 0 Å². The zero-order valence-corrected chi connectivity index (χ0v) is 13.9. The van der Waals surface area contributed by atoms with E-state index in [2.05, 4.69) is 8.83 Å². The van der Waals surface area contributed by atoms with Gasteiger partial charge in [0.1, 0.15) is 0 Å². The summed E-state index contributed by atoms with van der Waals surface area (Å²) in [5.74, 6) is 0. The van der Waals surface area contributed by atoms with Crippen LogP contribution in [0.25, 0.3) is 0 Å². The maximum atomic E-state index is 11.1. The molecule has 9 heteroatoms. The Hall–Kier alpha value is -0.260. The lowest BCUT2D eigenvalue weighted by Crippen LogP contribution is -1.95. The van der Waals surface area contributed by atoms with Gasteiger partial charge in [0.25, 0.3) is 0 Å². The number of hydrogen-bond donors (Lipinski definition) is 3. The fourth-order valence-electron chi connectivity index (χ4n) is 1.17. The van der Waals surface area contributed by atoms with E-state index >= 15 is 0 Å². The highest BCUT2D eigenvalue weighted by Crippen LogP contribution is 2.57. The minimum Gasteiger partial charge on any atom is -0.302 e. The number of phosphoric acid groups is 2. The summed E-state index contributed by atoms with van der Waals surface area (Å²) >= 11 is 0.